The number of methoxy groups -OCH3 is 1. The maximum absolute atomic E-state index is 6.52. The van der Waals surface area contributed by atoms with E-state index in [0.29, 0.717) is 16.7 Å². The van der Waals surface area contributed by atoms with Gasteiger partial charge in [0.2, 0.25) is 0 Å². The first-order valence-corrected chi connectivity index (χ1v) is 10.0. The van der Waals surface area contributed by atoms with Gasteiger partial charge in [-0.15, -0.1) is 0 Å². The maximum atomic E-state index is 6.52. The summed E-state index contributed by atoms with van der Waals surface area (Å²) in [6.45, 7) is 5.00. The molecule has 1 atom stereocenters. The van der Waals surface area contributed by atoms with Crippen LogP contribution in [0.25, 0.3) is 22.4 Å². The number of hydrogen-bond donors (Lipinski definition) is 0. The second-order valence-electron chi connectivity index (χ2n) is 6.91. The first-order chi connectivity index (χ1) is 13.1. The van der Waals surface area contributed by atoms with Crippen molar-refractivity contribution in [2.75, 3.05) is 13.7 Å². The fourth-order valence-corrected chi connectivity index (χ4v) is 4.19. The van der Waals surface area contributed by atoms with Crippen molar-refractivity contribution < 1.29 is 9.47 Å². The monoisotopic (exact) mass is 404 g/mol. The van der Waals surface area contributed by atoms with Gasteiger partial charge in [0.05, 0.1) is 34.8 Å². The summed E-state index contributed by atoms with van der Waals surface area (Å²) in [5.74, 6) is 2.49. The summed E-state index contributed by atoms with van der Waals surface area (Å²) >= 11 is 12.8. The summed E-state index contributed by atoms with van der Waals surface area (Å²) < 4.78 is 13.9. The highest BCUT2D eigenvalue weighted by atomic mass is 35.5. The molecule has 3 aromatic rings. The molecule has 0 saturated carbocycles. The topological polar surface area (TPSA) is 36.3 Å². The second-order valence-corrected chi connectivity index (χ2v) is 7.70. The van der Waals surface area contributed by atoms with Crippen LogP contribution in [0.2, 0.25) is 10.0 Å². The molecular formula is C21H22Cl2N2O2. The van der Waals surface area contributed by atoms with Gasteiger partial charge in [-0.3, -0.25) is 0 Å². The molecule has 1 aliphatic heterocycles. The van der Waals surface area contributed by atoms with E-state index >= 15 is 0 Å². The van der Waals surface area contributed by atoms with E-state index < -0.39 is 0 Å². The van der Waals surface area contributed by atoms with Gasteiger partial charge in [-0.1, -0.05) is 36.5 Å². The van der Waals surface area contributed by atoms with Crippen LogP contribution >= 0.6 is 23.2 Å². The normalized spacial score (nSPS) is 15.5. The number of halogens is 2. The van der Waals surface area contributed by atoms with Gasteiger partial charge in [-0.25, -0.2) is 4.98 Å². The largest absolute Gasteiger partial charge is 0.493 e. The van der Waals surface area contributed by atoms with Gasteiger partial charge >= 0.3 is 0 Å². The molecule has 1 aromatic heterocycles. The Hall–Kier alpha value is -1.91. The zero-order valence-corrected chi connectivity index (χ0v) is 17.2. The smallest absolute Gasteiger partial charge is 0.165 e. The average molecular weight is 405 g/mol. The highest BCUT2D eigenvalue weighted by molar-refractivity contribution is 6.45. The van der Waals surface area contributed by atoms with Crippen molar-refractivity contribution >= 4 is 34.2 Å². The predicted molar refractivity (Wildman–Crippen MR) is 111 cm³/mol. The minimum atomic E-state index is 0.175. The Bertz CT molecular complexity index is 1010. The zero-order chi connectivity index (χ0) is 19.1. The van der Waals surface area contributed by atoms with Crippen LogP contribution in [0.5, 0.6) is 11.5 Å². The summed E-state index contributed by atoms with van der Waals surface area (Å²) in [7, 11) is 1.68. The van der Waals surface area contributed by atoms with Crippen molar-refractivity contribution in [1.82, 2.24) is 9.55 Å². The van der Waals surface area contributed by atoms with Crippen molar-refractivity contribution in [3.63, 3.8) is 0 Å². The van der Waals surface area contributed by atoms with Crippen molar-refractivity contribution in [1.29, 1.82) is 0 Å². The van der Waals surface area contributed by atoms with Crippen LogP contribution in [0.1, 0.15) is 38.3 Å². The van der Waals surface area contributed by atoms with Crippen LogP contribution in [0.15, 0.2) is 24.3 Å². The highest BCUT2D eigenvalue weighted by Gasteiger charge is 2.30. The first-order valence-electron chi connectivity index (χ1n) is 9.25. The molecule has 2 heterocycles. The molecule has 0 bridgehead atoms. The van der Waals surface area contributed by atoms with E-state index in [1.807, 2.05) is 12.1 Å². The van der Waals surface area contributed by atoms with Gasteiger partial charge in [0, 0.05) is 17.2 Å². The Morgan fingerprint density at radius 2 is 2.04 bits per heavy atom. The molecule has 6 heteroatoms. The summed E-state index contributed by atoms with van der Waals surface area (Å²) in [6.07, 6.45) is 2.91. The third kappa shape index (κ3) is 2.95. The molecule has 0 aliphatic carbocycles. The van der Waals surface area contributed by atoms with Crippen molar-refractivity contribution in [2.24, 2.45) is 0 Å². The summed E-state index contributed by atoms with van der Waals surface area (Å²) in [4.78, 5) is 4.86. The SMILES string of the molecule is CCCCOc1c(OC)ccc2c1CC(C)n1c-2nc2ccc(Cl)c(Cl)c21. The van der Waals surface area contributed by atoms with E-state index in [1.165, 1.54) is 0 Å². The standard InChI is InChI=1S/C21H22Cl2N2O2/c1-4-5-10-27-20-14-11-12(2)25-19-16(8-7-15(22)18(19)23)24-21(25)13(14)6-9-17(20)26-3/h6-9,12H,4-5,10-11H2,1-3H3. The number of benzene rings is 2. The number of hydrogen-bond acceptors (Lipinski definition) is 3. The van der Waals surface area contributed by atoms with Gasteiger partial charge in [-0.2, -0.15) is 0 Å². The minimum Gasteiger partial charge on any atom is -0.493 e. The van der Waals surface area contributed by atoms with E-state index in [0.717, 1.165) is 58.7 Å². The van der Waals surface area contributed by atoms with Crippen LogP contribution in [0, 0.1) is 0 Å². The number of nitrogens with zero attached hydrogens (tertiary/aromatic N) is 2. The Morgan fingerprint density at radius 1 is 1.22 bits per heavy atom. The van der Waals surface area contributed by atoms with Crippen LogP contribution in [-0.4, -0.2) is 23.3 Å². The summed E-state index contributed by atoms with van der Waals surface area (Å²) in [5.41, 5.74) is 3.94. The molecule has 0 saturated heterocycles. The van der Waals surface area contributed by atoms with Gasteiger partial charge < -0.3 is 14.0 Å². The van der Waals surface area contributed by atoms with Gasteiger partial charge in [0.25, 0.3) is 0 Å². The van der Waals surface area contributed by atoms with Crippen LogP contribution < -0.4 is 9.47 Å². The number of aromatic nitrogens is 2. The number of rotatable bonds is 5. The molecular weight excluding hydrogens is 383 g/mol. The van der Waals surface area contributed by atoms with Crippen LogP contribution in [-0.2, 0) is 6.42 Å². The second kappa shape index (κ2) is 7.25. The Kier molecular flexibility index (Phi) is 4.95. The van der Waals surface area contributed by atoms with Crippen molar-refractivity contribution in [2.45, 2.75) is 39.2 Å². The molecule has 0 N–H and O–H groups in total. The minimum absolute atomic E-state index is 0.175. The number of unbranched alkanes of at least 4 members (excludes halogenated alkanes) is 1. The lowest BCUT2D eigenvalue weighted by atomic mass is 9.94. The van der Waals surface area contributed by atoms with E-state index in [9.17, 15) is 0 Å². The Morgan fingerprint density at radius 3 is 2.78 bits per heavy atom. The fourth-order valence-electron chi connectivity index (χ4n) is 3.78. The maximum Gasteiger partial charge on any atom is 0.165 e. The predicted octanol–water partition coefficient (Wildman–Crippen LogP) is 6.31. The molecule has 1 unspecified atom stereocenters. The van der Waals surface area contributed by atoms with E-state index in [4.69, 9.17) is 37.7 Å². The Balaban J connectivity index is 1.93. The van der Waals surface area contributed by atoms with E-state index in [-0.39, 0.29) is 6.04 Å². The molecule has 4 rings (SSSR count). The molecule has 142 valence electrons. The van der Waals surface area contributed by atoms with Gasteiger partial charge in [-0.05, 0) is 44.0 Å². The third-order valence-electron chi connectivity index (χ3n) is 5.11. The molecule has 2 aromatic carbocycles. The number of imidazole rings is 1. The van der Waals surface area contributed by atoms with E-state index in [2.05, 4.69) is 24.5 Å². The summed E-state index contributed by atoms with van der Waals surface area (Å²) in [5, 5.41) is 1.10. The molecule has 0 radical (unpaired) electrons. The quantitative estimate of drug-likeness (QED) is 0.467. The van der Waals surface area contributed by atoms with Gasteiger partial charge in [0.1, 0.15) is 5.82 Å². The molecule has 27 heavy (non-hydrogen) atoms. The average Bonchev–Trinajstić information content (AvgIpc) is 3.06. The van der Waals surface area contributed by atoms with Crippen molar-refractivity contribution in [3.8, 4) is 22.9 Å². The lowest BCUT2D eigenvalue weighted by Gasteiger charge is -2.28. The number of ether oxygens (including phenoxy) is 2. The summed E-state index contributed by atoms with van der Waals surface area (Å²) in [6, 6.07) is 7.90. The molecule has 0 amide bonds. The molecule has 0 fully saturated rings. The van der Waals surface area contributed by atoms with Crippen LogP contribution in [0.3, 0.4) is 0 Å². The lowest BCUT2D eigenvalue weighted by Crippen LogP contribution is -2.17. The van der Waals surface area contributed by atoms with Crippen molar-refractivity contribution in [3.05, 3.63) is 39.9 Å². The molecule has 1 aliphatic rings. The fraction of sp³-hybridized carbons (Fsp3) is 0.381. The molecule has 0 spiro atoms. The first kappa shape index (κ1) is 18.5. The highest BCUT2D eigenvalue weighted by Crippen LogP contribution is 2.46. The Labute approximate surface area is 169 Å². The third-order valence-corrected chi connectivity index (χ3v) is 5.91. The number of fused-ring (bicyclic) bond motifs is 5. The van der Waals surface area contributed by atoms with Crippen LogP contribution in [0.4, 0.5) is 0 Å². The van der Waals surface area contributed by atoms with Gasteiger partial charge in [0.15, 0.2) is 11.5 Å². The lowest BCUT2D eigenvalue weighted by molar-refractivity contribution is 0.283. The van der Waals surface area contributed by atoms with E-state index in [1.54, 1.807) is 13.2 Å². The molecule has 4 nitrogen and oxygen atoms in total. The zero-order valence-electron chi connectivity index (χ0n) is 15.7.